The van der Waals surface area contributed by atoms with Gasteiger partial charge in [0.25, 0.3) is 0 Å². The summed E-state index contributed by atoms with van der Waals surface area (Å²) in [6.45, 7) is 9.84. The number of aliphatic hydroxyl groups is 1. The van der Waals surface area contributed by atoms with E-state index in [2.05, 4.69) is 20.8 Å². The number of hydrogen-bond donors (Lipinski definition) is 1. The molecule has 2 nitrogen and oxygen atoms in total. The Labute approximate surface area is 75.9 Å². The normalized spacial score (nSPS) is 14.8. The van der Waals surface area contributed by atoms with E-state index in [0.717, 1.165) is 26.1 Å². The Morgan fingerprint density at radius 2 is 1.92 bits per heavy atom. The fourth-order valence-corrected chi connectivity index (χ4v) is 0.859. The van der Waals surface area contributed by atoms with E-state index in [-0.39, 0.29) is 11.5 Å². The molecule has 0 aromatic rings. The van der Waals surface area contributed by atoms with Crippen LogP contribution in [0.25, 0.3) is 0 Å². The van der Waals surface area contributed by atoms with Crippen molar-refractivity contribution in [3.8, 4) is 0 Å². The van der Waals surface area contributed by atoms with Gasteiger partial charge in [-0.05, 0) is 25.2 Å². The highest BCUT2D eigenvalue weighted by Crippen LogP contribution is 2.12. The molecule has 1 N–H and O–H groups in total. The van der Waals surface area contributed by atoms with Gasteiger partial charge in [-0.2, -0.15) is 0 Å². The fourth-order valence-electron chi connectivity index (χ4n) is 0.859. The zero-order valence-electron chi connectivity index (χ0n) is 8.76. The van der Waals surface area contributed by atoms with Crippen molar-refractivity contribution in [2.45, 2.75) is 46.6 Å². The lowest BCUT2D eigenvalue weighted by atomic mass is 9.99. The predicted molar refractivity (Wildman–Crippen MR) is 51.2 cm³/mol. The van der Waals surface area contributed by atoms with Crippen LogP contribution in [0.5, 0.6) is 0 Å². The average Bonchev–Trinajstić information content (AvgIpc) is 1.83. The van der Waals surface area contributed by atoms with Gasteiger partial charge in [-0.3, -0.25) is 0 Å². The topological polar surface area (TPSA) is 29.5 Å². The smallest absolute Gasteiger partial charge is 0.0514 e. The largest absolute Gasteiger partial charge is 0.393 e. The monoisotopic (exact) mass is 174 g/mol. The van der Waals surface area contributed by atoms with E-state index in [1.807, 2.05) is 6.92 Å². The van der Waals surface area contributed by atoms with Crippen LogP contribution in [-0.4, -0.2) is 24.4 Å². The minimum Gasteiger partial charge on any atom is -0.393 e. The molecule has 1 unspecified atom stereocenters. The van der Waals surface area contributed by atoms with Gasteiger partial charge >= 0.3 is 0 Å². The molecule has 0 rings (SSSR count). The highest BCUT2D eigenvalue weighted by Gasteiger charge is 2.09. The minimum atomic E-state index is -0.191. The van der Waals surface area contributed by atoms with E-state index >= 15 is 0 Å². The molecule has 0 bridgehead atoms. The fraction of sp³-hybridized carbons (Fsp3) is 1.00. The van der Waals surface area contributed by atoms with Gasteiger partial charge in [0.15, 0.2) is 0 Å². The Kier molecular flexibility index (Phi) is 5.51. The molecule has 0 aliphatic rings. The number of aliphatic hydroxyl groups excluding tert-OH is 1. The lowest BCUT2D eigenvalue weighted by molar-refractivity contribution is 0.0619. The maximum Gasteiger partial charge on any atom is 0.0514 e. The van der Waals surface area contributed by atoms with Gasteiger partial charge in [0, 0.05) is 6.61 Å². The van der Waals surface area contributed by atoms with Crippen LogP contribution in [0.3, 0.4) is 0 Å². The molecule has 0 aromatic heterocycles. The molecule has 0 aliphatic carbocycles. The van der Waals surface area contributed by atoms with Crippen molar-refractivity contribution >= 4 is 0 Å². The van der Waals surface area contributed by atoms with Crippen molar-refractivity contribution in [1.29, 1.82) is 0 Å². The summed E-state index contributed by atoms with van der Waals surface area (Å²) in [4.78, 5) is 0. The third-order valence-corrected chi connectivity index (χ3v) is 1.45. The van der Waals surface area contributed by atoms with Crippen molar-refractivity contribution in [2.75, 3.05) is 13.2 Å². The van der Waals surface area contributed by atoms with Gasteiger partial charge in [0.1, 0.15) is 0 Å². The molecule has 0 heterocycles. The summed E-state index contributed by atoms with van der Waals surface area (Å²) in [6, 6.07) is 0. The van der Waals surface area contributed by atoms with Crippen molar-refractivity contribution in [3.63, 3.8) is 0 Å². The summed E-state index contributed by atoms with van der Waals surface area (Å²) in [5, 5.41) is 8.96. The molecule has 1 atom stereocenters. The SMILES string of the molecule is CC(O)CCCOCC(C)(C)C. The van der Waals surface area contributed by atoms with E-state index < -0.39 is 0 Å². The Morgan fingerprint density at radius 3 is 2.33 bits per heavy atom. The van der Waals surface area contributed by atoms with E-state index in [1.54, 1.807) is 0 Å². The van der Waals surface area contributed by atoms with E-state index in [4.69, 9.17) is 9.84 Å². The summed E-state index contributed by atoms with van der Waals surface area (Å²) in [6.07, 6.45) is 1.60. The molecule has 0 aromatic carbocycles. The van der Waals surface area contributed by atoms with Gasteiger partial charge in [0.2, 0.25) is 0 Å². The standard InChI is InChI=1S/C10H22O2/c1-9(11)6-5-7-12-8-10(2,3)4/h9,11H,5-8H2,1-4H3. The highest BCUT2D eigenvalue weighted by atomic mass is 16.5. The second-order valence-corrected chi connectivity index (χ2v) is 4.60. The molecular formula is C10H22O2. The third kappa shape index (κ3) is 9.92. The molecule has 0 aliphatic heterocycles. The number of ether oxygens (including phenoxy) is 1. The number of rotatable bonds is 5. The minimum absolute atomic E-state index is 0.191. The summed E-state index contributed by atoms with van der Waals surface area (Å²) < 4.78 is 5.44. The van der Waals surface area contributed by atoms with Crippen LogP contribution in [0, 0.1) is 5.41 Å². The second-order valence-electron chi connectivity index (χ2n) is 4.60. The van der Waals surface area contributed by atoms with Gasteiger partial charge in [-0.15, -0.1) is 0 Å². The Balaban J connectivity index is 3.12. The van der Waals surface area contributed by atoms with Crippen molar-refractivity contribution < 1.29 is 9.84 Å². The van der Waals surface area contributed by atoms with Gasteiger partial charge in [0.05, 0.1) is 12.7 Å². The van der Waals surface area contributed by atoms with Crippen molar-refractivity contribution in [1.82, 2.24) is 0 Å². The molecule has 0 spiro atoms. The van der Waals surface area contributed by atoms with Crippen LogP contribution in [0.15, 0.2) is 0 Å². The third-order valence-electron chi connectivity index (χ3n) is 1.45. The van der Waals surface area contributed by atoms with E-state index in [1.165, 1.54) is 0 Å². The quantitative estimate of drug-likeness (QED) is 0.647. The summed E-state index contributed by atoms with van der Waals surface area (Å²) in [7, 11) is 0. The first-order valence-corrected chi connectivity index (χ1v) is 4.67. The molecule has 0 saturated carbocycles. The Bertz CT molecular complexity index is 103. The lowest BCUT2D eigenvalue weighted by Gasteiger charge is -2.17. The summed E-state index contributed by atoms with van der Waals surface area (Å²) in [5.41, 5.74) is 0.255. The van der Waals surface area contributed by atoms with E-state index in [0.29, 0.717) is 0 Å². The molecule has 2 heteroatoms. The second kappa shape index (κ2) is 5.55. The average molecular weight is 174 g/mol. The maximum atomic E-state index is 8.96. The maximum absolute atomic E-state index is 8.96. The van der Waals surface area contributed by atoms with Crippen LogP contribution >= 0.6 is 0 Å². The van der Waals surface area contributed by atoms with E-state index in [9.17, 15) is 0 Å². The predicted octanol–water partition coefficient (Wildman–Crippen LogP) is 2.21. The van der Waals surface area contributed by atoms with Crippen LogP contribution in [0.2, 0.25) is 0 Å². The van der Waals surface area contributed by atoms with Crippen molar-refractivity contribution in [2.24, 2.45) is 5.41 Å². The lowest BCUT2D eigenvalue weighted by Crippen LogP contribution is -2.15. The zero-order chi connectivity index (χ0) is 9.61. The molecule has 0 saturated heterocycles. The highest BCUT2D eigenvalue weighted by molar-refractivity contribution is 4.58. The molecular weight excluding hydrogens is 152 g/mol. The van der Waals surface area contributed by atoms with Gasteiger partial charge in [-0.25, -0.2) is 0 Å². The first kappa shape index (κ1) is 11.9. The van der Waals surface area contributed by atoms with Gasteiger partial charge in [-0.1, -0.05) is 20.8 Å². The first-order valence-electron chi connectivity index (χ1n) is 4.67. The Hall–Kier alpha value is -0.0800. The van der Waals surface area contributed by atoms with Gasteiger partial charge < -0.3 is 9.84 Å². The van der Waals surface area contributed by atoms with Crippen LogP contribution in [0.1, 0.15) is 40.5 Å². The van der Waals surface area contributed by atoms with Crippen molar-refractivity contribution in [3.05, 3.63) is 0 Å². The van der Waals surface area contributed by atoms with Crippen LogP contribution < -0.4 is 0 Å². The van der Waals surface area contributed by atoms with Crippen LogP contribution in [0.4, 0.5) is 0 Å². The summed E-state index contributed by atoms with van der Waals surface area (Å²) >= 11 is 0. The zero-order valence-corrected chi connectivity index (χ0v) is 8.76. The van der Waals surface area contributed by atoms with Crippen LogP contribution in [-0.2, 0) is 4.74 Å². The first-order chi connectivity index (χ1) is 5.42. The molecule has 74 valence electrons. The molecule has 0 radical (unpaired) electrons. The molecule has 0 fully saturated rings. The molecule has 12 heavy (non-hydrogen) atoms. The Morgan fingerprint density at radius 1 is 1.33 bits per heavy atom. The summed E-state index contributed by atoms with van der Waals surface area (Å²) in [5.74, 6) is 0. The number of hydrogen-bond acceptors (Lipinski definition) is 2. The molecule has 0 amide bonds.